The summed E-state index contributed by atoms with van der Waals surface area (Å²) < 4.78 is 38.3. The van der Waals surface area contributed by atoms with Gasteiger partial charge in [0.15, 0.2) is 5.78 Å². The summed E-state index contributed by atoms with van der Waals surface area (Å²) in [5.41, 5.74) is 0.174. The van der Waals surface area contributed by atoms with E-state index >= 15 is 0 Å². The summed E-state index contributed by atoms with van der Waals surface area (Å²) in [6.45, 7) is 3.83. The maximum Gasteiger partial charge on any atom is 0.416 e. The van der Waals surface area contributed by atoms with Crippen molar-refractivity contribution in [1.29, 1.82) is 0 Å². The Morgan fingerprint density at radius 1 is 1.17 bits per heavy atom. The topological polar surface area (TPSA) is 20.3 Å². The SMILES string of the molecule is Cc1cc(C(F)(F)F)ccc1C(=O)C[C@H]1CCC[C@H]1N1CCCC1. The second kappa shape index (κ2) is 6.87. The van der Waals surface area contributed by atoms with Crippen molar-refractivity contribution in [3.8, 4) is 0 Å². The van der Waals surface area contributed by atoms with Crippen molar-refractivity contribution in [3.05, 3.63) is 34.9 Å². The molecule has 24 heavy (non-hydrogen) atoms. The molecule has 1 aliphatic carbocycles. The van der Waals surface area contributed by atoms with E-state index in [9.17, 15) is 18.0 Å². The Morgan fingerprint density at radius 2 is 1.88 bits per heavy atom. The van der Waals surface area contributed by atoms with Crippen LogP contribution in [0.4, 0.5) is 13.2 Å². The zero-order chi connectivity index (χ0) is 17.3. The molecule has 2 atom stereocenters. The Balaban J connectivity index is 1.70. The highest BCUT2D eigenvalue weighted by atomic mass is 19.4. The zero-order valence-corrected chi connectivity index (χ0v) is 14.0. The van der Waals surface area contributed by atoms with E-state index in [0.29, 0.717) is 29.5 Å². The van der Waals surface area contributed by atoms with E-state index in [1.807, 2.05) is 0 Å². The maximum atomic E-state index is 12.8. The summed E-state index contributed by atoms with van der Waals surface area (Å²) in [5, 5.41) is 0. The fraction of sp³-hybridized carbons (Fsp3) is 0.632. The lowest BCUT2D eigenvalue weighted by Crippen LogP contribution is -2.36. The van der Waals surface area contributed by atoms with Gasteiger partial charge in [0.05, 0.1) is 5.56 Å². The molecule has 0 radical (unpaired) electrons. The molecule has 1 saturated carbocycles. The highest BCUT2D eigenvalue weighted by Crippen LogP contribution is 2.36. The first-order valence-corrected chi connectivity index (χ1v) is 8.81. The zero-order valence-electron chi connectivity index (χ0n) is 14.0. The summed E-state index contributed by atoms with van der Waals surface area (Å²) in [6, 6.07) is 3.93. The van der Waals surface area contributed by atoms with Crippen molar-refractivity contribution in [3.63, 3.8) is 0 Å². The molecule has 3 rings (SSSR count). The fourth-order valence-corrected chi connectivity index (χ4v) is 4.31. The Bertz CT molecular complexity index is 605. The van der Waals surface area contributed by atoms with Gasteiger partial charge in [-0.15, -0.1) is 0 Å². The average molecular weight is 339 g/mol. The van der Waals surface area contributed by atoms with Crippen LogP contribution in [0.15, 0.2) is 18.2 Å². The highest BCUT2D eigenvalue weighted by Gasteiger charge is 2.35. The molecule has 1 aromatic carbocycles. The second-order valence-electron chi connectivity index (χ2n) is 7.16. The van der Waals surface area contributed by atoms with Crippen LogP contribution < -0.4 is 0 Å². The Kier molecular flexibility index (Phi) is 5.00. The number of alkyl halides is 3. The average Bonchev–Trinajstić information content (AvgIpc) is 3.16. The molecule has 5 heteroatoms. The third-order valence-electron chi connectivity index (χ3n) is 5.53. The fourth-order valence-electron chi connectivity index (χ4n) is 4.31. The van der Waals surface area contributed by atoms with E-state index < -0.39 is 11.7 Å². The number of halogens is 3. The smallest absolute Gasteiger partial charge is 0.300 e. The van der Waals surface area contributed by atoms with Crippen molar-refractivity contribution in [2.24, 2.45) is 5.92 Å². The summed E-state index contributed by atoms with van der Waals surface area (Å²) in [4.78, 5) is 15.1. The summed E-state index contributed by atoms with van der Waals surface area (Å²) >= 11 is 0. The maximum absolute atomic E-state index is 12.8. The Hall–Kier alpha value is -1.36. The van der Waals surface area contributed by atoms with Crippen molar-refractivity contribution < 1.29 is 18.0 Å². The van der Waals surface area contributed by atoms with Crippen LogP contribution in [-0.4, -0.2) is 29.8 Å². The number of nitrogens with zero attached hydrogens (tertiary/aromatic N) is 1. The molecule has 0 amide bonds. The molecule has 1 heterocycles. The van der Waals surface area contributed by atoms with Gasteiger partial charge in [0, 0.05) is 18.0 Å². The molecule has 0 aromatic heterocycles. The lowest BCUT2D eigenvalue weighted by Gasteiger charge is -2.29. The monoisotopic (exact) mass is 339 g/mol. The molecule has 1 aromatic rings. The number of benzene rings is 1. The third-order valence-corrected chi connectivity index (χ3v) is 5.53. The van der Waals surface area contributed by atoms with Gasteiger partial charge in [0.2, 0.25) is 0 Å². The van der Waals surface area contributed by atoms with Crippen LogP contribution in [0, 0.1) is 12.8 Å². The number of carbonyl (C=O) groups excluding carboxylic acids is 1. The highest BCUT2D eigenvalue weighted by molar-refractivity contribution is 5.97. The van der Waals surface area contributed by atoms with Gasteiger partial charge in [-0.25, -0.2) is 0 Å². The largest absolute Gasteiger partial charge is 0.416 e. The van der Waals surface area contributed by atoms with Gasteiger partial charge in [-0.2, -0.15) is 13.2 Å². The molecule has 0 spiro atoms. The molecule has 132 valence electrons. The van der Waals surface area contributed by atoms with Gasteiger partial charge in [-0.1, -0.05) is 12.5 Å². The first kappa shape index (κ1) is 17.5. The molecule has 0 unspecified atom stereocenters. The van der Waals surface area contributed by atoms with Crippen LogP contribution in [0.3, 0.4) is 0 Å². The normalized spacial score (nSPS) is 25.3. The molecular formula is C19H24F3NO. The van der Waals surface area contributed by atoms with E-state index in [1.54, 1.807) is 6.92 Å². The minimum atomic E-state index is -4.36. The number of hydrogen-bond donors (Lipinski definition) is 0. The number of Topliss-reactive ketones (excluding diaryl/α,β-unsaturated/α-hetero) is 1. The summed E-state index contributed by atoms with van der Waals surface area (Å²) in [6.07, 6.45) is 1.89. The molecule has 0 N–H and O–H groups in total. The first-order chi connectivity index (χ1) is 11.4. The quantitative estimate of drug-likeness (QED) is 0.731. The van der Waals surface area contributed by atoms with Gasteiger partial charge in [0.1, 0.15) is 0 Å². The van der Waals surface area contributed by atoms with Gasteiger partial charge >= 0.3 is 6.18 Å². The molecule has 2 nitrogen and oxygen atoms in total. The molecule has 0 bridgehead atoms. The van der Waals surface area contributed by atoms with Crippen LogP contribution in [-0.2, 0) is 6.18 Å². The molecule has 2 aliphatic rings. The number of carbonyl (C=O) groups is 1. The van der Waals surface area contributed by atoms with E-state index in [-0.39, 0.29) is 5.78 Å². The Morgan fingerprint density at radius 3 is 2.50 bits per heavy atom. The van der Waals surface area contributed by atoms with Gasteiger partial charge in [-0.3, -0.25) is 4.79 Å². The van der Waals surface area contributed by atoms with Crippen LogP contribution in [0.25, 0.3) is 0 Å². The molecular weight excluding hydrogens is 315 g/mol. The second-order valence-corrected chi connectivity index (χ2v) is 7.16. The molecule has 1 aliphatic heterocycles. The first-order valence-electron chi connectivity index (χ1n) is 8.81. The minimum absolute atomic E-state index is 0.0164. The summed E-state index contributed by atoms with van der Waals surface area (Å²) in [7, 11) is 0. The third kappa shape index (κ3) is 3.66. The van der Waals surface area contributed by atoms with E-state index in [2.05, 4.69) is 4.90 Å². The number of hydrogen-bond acceptors (Lipinski definition) is 2. The number of ketones is 1. The lowest BCUT2D eigenvalue weighted by atomic mass is 9.91. The van der Waals surface area contributed by atoms with E-state index in [4.69, 9.17) is 0 Å². The van der Waals surface area contributed by atoms with Crippen molar-refractivity contribution in [2.45, 2.75) is 57.7 Å². The standard InChI is InChI=1S/C19H24F3NO/c1-13-11-15(19(20,21)22)7-8-16(13)18(24)12-14-5-4-6-17(14)23-9-2-3-10-23/h7-8,11,14,17H,2-6,9-10,12H2,1H3/t14-,17-/m1/s1. The predicted molar refractivity (Wildman–Crippen MR) is 87.1 cm³/mol. The van der Waals surface area contributed by atoms with Crippen LogP contribution in [0.1, 0.15) is 60.0 Å². The predicted octanol–water partition coefficient (Wildman–Crippen LogP) is 4.85. The van der Waals surface area contributed by atoms with Crippen LogP contribution in [0.2, 0.25) is 0 Å². The van der Waals surface area contributed by atoms with Gasteiger partial charge < -0.3 is 4.90 Å². The van der Waals surface area contributed by atoms with Crippen molar-refractivity contribution in [1.82, 2.24) is 4.90 Å². The Labute approximate surface area is 141 Å². The summed E-state index contributed by atoms with van der Waals surface area (Å²) in [5.74, 6) is 0.328. The van der Waals surface area contributed by atoms with Crippen LogP contribution >= 0.6 is 0 Å². The van der Waals surface area contributed by atoms with E-state index in [0.717, 1.165) is 44.5 Å². The molecule has 1 saturated heterocycles. The number of aryl methyl sites for hydroxylation is 1. The number of rotatable bonds is 4. The minimum Gasteiger partial charge on any atom is -0.300 e. The van der Waals surface area contributed by atoms with Crippen LogP contribution in [0.5, 0.6) is 0 Å². The lowest BCUT2D eigenvalue weighted by molar-refractivity contribution is -0.137. The van der Waals surface area contributed by atoms with Gasteiger partial charge in [-0.05, 0) is 69.3 Å². The van der Waals surface area contributed by atoms with Crippen molar-refractivity contribution >= 4 is 5.78 Å². The van der Waals surface area contributed by atoms with Gasteiger partial charge in [0.25, 0.3) is 0 Å². The molecule has 2 fully saturated rings. The van der Waals surface area contributed by atoms with Crippen molar-refractivity contribution in [2.75, 3.05) is 13.1 Å². The van der Waals surface area contributed by atoms with E-state index in [1.165, 1.54) is 18.9 Å². The number of likely N-dealkylation sites (tertiary alicyclic amines) is 1.